The summed E-state index contributed by atoms with van der Waals surface area (Å²) in [6, 6.07) is 10.9. The summed E-state index contributed by atoms with van der Waals surface area (Å²) in [5.74, 6) is 0. The van der Waals surface area contributed by atoms with E-state index in [1.165, 1.54) is 22.2 Å². The molecule has 0 amide bonds. The molecule has 1 aromatic heterocycles. The van der Waals surface area contributed by atoms with Gasteiger partial charge in [0.05, 0.1) is 0 Å². The summed E-state index contributed by atoms with van der Waals surface area (Å²) in [7, 11) is 0. The molecule has 0 unspecified atom stereocenters. The highest BCUT2D eigenvalue weighted by molar-refractivity contribution is 5.84. The second-order valence-corrected chi connectivity index (χ2v) is 5.17. The van der Waals surface area contributed by atoms with Gasteiger partial charge in [0.2, 0.25) is 0 Å². The van der Waals surface area contributed by atoms with Crippen molar-refractivity contribution in [3.8, 4) is 0 Å². The average molecular weight is 248 g/mol. The summed E-state index contributed by atoms with van der Waals surface area (Å²) in [4.78, 5) is 2.35. The highest BCUT2D eigenvalue weighted by Crippen LogP contribution is 2.24. The fourth-order valence-electron chi connectivity index (χ4n) is 2.95. The van der Waals surface area contributed by atoms with Gasteiger partial charge in [-0.3, -0.25) is 0 Å². The van der Waals surface area contributed by atoms with Crippen LogP contribution in [0, 0.1) is 0 Å². The van der Waals surface area contributed by atoms with Crippen LogP contribution >= 0.6 is 0 Å². The number of nitrogens with zero attached hydrogens (tertiary/aromatic N) is 2. The molecule has 0 atom stereocenters. The van der Waals surface area contributed by atoms with Gasteiger partial charge >= 0.3 is 0 Å². The molecule has 19 heavy (non-hydrogen) atoms. The summed E-state index contributed by atoms with van der Waals surface area (Å²) < 4.78 is 2.38. The molecule has 2 aromatic rings. The van der Waals surface area contributed by atoms with Crippen LogP contribution in [0.15, 0.2) is 60.3 Å². The minimum atomic E-state index is 0.934. The number of allylic oxidation sites excluding steroid dienone is 1. The molecule has 2 nitrogen and oxygen atoms in total. The van der Waals surface area contributed by atoms with E-state index in [1.807, 2.05) is 0 Å². The molecule has 0 fully saturated rings. The van der Waals surface area contributed by atoms with E-state index in [0.29, 0.717) is 0 Å². The first kappa shape index (κ1) is 10.7. The van der Waals surface area contributed by atoms with Crippen molar-refractivity contribution in [1.82, 2.24) is 9.47 Å². The maximum atomic E-state index is 2.38. The molecule has 2 heteroatoms. The zero-order valence-corrected chi connectivity index (χ0v) is 10.8. The van der Waals surface area contributed by atoms with Crippen LogP contribution in [0.3, 0.4) is 0 Å². The molecule has 2 aliphatic rings. The second kappa shape index (κ2) is 4.16. The molecular formula is C17H16N2. The first-order valence-corrected chi connectivity index (χ1v) is 6.76. The number of hydrogen-bond donors (Lipinski definition) is 0. The Morgan fingerprint density at radius 1 is 1.00 bits per heavy atom. The highest BCUT2D eigenvalue weighted by Gasteiger charge is 2.11. The van der Waals surface area contributed by atoms with Crippen LogP contribution in [-0.4, -0.2) is 22.6 Å². The van der Waals surface area contributed by atoms with E-state index in [-0.39, 0.29) is 0 Å². The van der Waals surface area contributed by atoms with Crippen LogP contribution < -0.4 is 0 Å². The predicted molar refractivity (Wildman–Crippen MR) is 79.8 cm³/mol. The van der Waals surface area contributed by atoms with Crippen molar-refractivity contribution < 1.29 is 0 Å². The lowest BCUT2D eigenvalue weighted by molar-refractivity contribution is 0.444. The maximum Gasteiger partial charge on any atom is 0.0488 e. The van der Waals surface area contributed by atoms with Crippen LogP contribution in [0.4, 0.5) is 0 Å². The lowest BCUT2D eigenvalue weighted by Gasteiger charge is -2.22. The average Bonchev–Trinajstić information content (AvgIpc) is 2.78. The van der Waals surface area contributed by atoms with Crippen LogP contribution in [-0.2, 0) is 6.54 Å². The van der Waals surface area contributed by atoms with Gasteiger partial charge in [-0.2, -0.15) is 0 Å². The van der Waals surface area contributed by atoms with Crippen molar-refractivity contribution in [2.45, 2.75) is 6.54 Å². The van der Waals surface area contributed by atoms with Gasteiger partial charge in [-0.25, -0.2) is 0 Å². The Balaban J connectivity index is 1.95. The van der Waals surface area contributed by atoms with Gasteiger partial charge in [-0.15, -0.1) is 0 Å². The molecule has 4 rings (SSSR count). The van der Waals surface area contributed by atoms with Crippen LogP contribution in [0.2, 0.25) is 0 Å². The quantitative estimate of drug-likeness (QED) is 0.693. The minimum Gasteiger partial charge on any atom is -0.370 e. The predicted octanol–water partition coefficient (Wildman–Crippen LogP) is 3.42. The number of aromatic nitrogens is 1. The van der Waals surface area contributed by atoms with E-state index in [2.05, 4.69) is 70.3 Å². The molecule has 2 bridgehead atoms. The van der Waals surface area contributed by atoms with E-state index in [0.717, 1.165) is 19.6 Å². The Morgan fingerprint density at radius 3 is 2.95 bits per heavy atom. The largest absolute Gasteiger partial charge is 0.370 e. The van der Waals surface area contributed by atoms with Crippen LogP contribution in [0.1, 0.15) is 5.69 Å². The van der Waals surface area contributed by atoms with Crippen LogP contribution in [0.5, 0.6) is 0 Å². The van der Waals surface area contributed by atoms with E-state index in [9.17, 15) is 0 Å². The van der Waals surface area contributed by atoms with Crippen molar-refractivity contribution in [2.75, 3.05) is 13.1 Å². The fraction of sp³-hybridized carbons (Fsp3) is 0.176. The van der Waals surface area contributed by atoms with E-state index >= 15 is 0 Å². The fourth-order valence-corrected chi connectivity index (χ4v) is 2.95. The summed E-state index contributed by atoms with van der Waals surface area (Å²) in [5, 5.41) is 1.32. The molecule has 94 valence electrons. The number of benzene rings is 1. The molecule has 1 aromatic carbocycles. The summed E-state index contributed by atoms with van der Waals surface area (Å²) in [6.45, 7) is 2.96. The van der Waals surface area contributed by atoms with Gasteiger partial charge in [0.15, 0.2) is 0 Å². The first-order valence-electron chi connectivity index (χ1n) is 6.76. The summed E-state index contributed by atoms with van der Waals surface area (Å²) in [5.41, 5.74) is 3.99. The topological polar surface area (TPSA) is 8.17 Å². The highest BCUT2D eigenvalue weighted by atomic mass is 15.1. The van der Waals surface area contributed by atoms with E-state index in [4.69, 9.17) is 0 Å². The Kier molecular flexibility index (Phi) is 2.34. The van der Waals surface area contributed by atoms with Gasteiger partial charge in [-0.1, -0.05) is 30.4 Å². The Morgan fingerprint density at radius 2 is 1.95 bits per heavy atom. The van der Waals surface area contributed by atoms with Gasteiger partial charge in [0.1, 0.15) is 0 Å². The second-order valence-electron chi connectivity index (χ2n) is 5.17. The van der Waals surface area contributed by atoms with Crippen molar-refractivity contribution >= 4 is 17.0 Å². The minimum absolute atomic E-state index is 0.934. The summed E-state index contributed by atoms with van der Waals surface area (Å²) in [6.07, 6.45) is 11.3. The zero-order chi connectivity index (χ0) is 12.7. The van der Waals surface area contributed by atoms with Crippen LogP contribution in [0.25, 0.3) is 17.0 Å². The number of fused-ring (bicyclic) bond motifs is 5. The lowest BCUT2D eigenvalue weighted by Crippen LogP contribution is -2.22. The lowest BCUT2D eigenvalue weighted by atomic mass is 10.1. The molecule has 0 spiro atoms. The monoisotopic (exact) mass is 248 g/mol. The van der Waals surface area contributed by atoms with Gasteiger partial charge in [0.25, 0.3) is 0 Å². The Labute approximate surface area is 112 Å². The third kappa shape index (κ3) is 1.80. The third-order valence-corrected chi connectivity index (χ3v) is 3.84. The normalized spacial score (nSPS) is 22.1. The first-order chi connectivity index (χ1) is 9.40. The molecule has 0 aliphatic carbocycles. The standard InChI is InChI=1S/C17H16N2/c1-2-7-17-15(6-1)12-16-11-14-5-3-8-18(13-14)9-4-10-19(16)17/h1-7,9,11-12H,8,10,13H2/b9-4-,14-11-. The maximum absolute atomic E-state index is 2.38. The van der Waals surface area contributed by atoms with E-state index in [1.54, 1.807) is 0 Å². The van der Waals surface area contributed by atoms with Gasteiger partial charge in [0, 0.05) is 36.2 Å². The molecule has 3 heterocycles. The number of rotatable bonds is 0. The number of hydrogen-bond acceptors (Lipinski definition) is 1. The molecule has 0 radical (unpaired) electrons. The van der Waals surface area contributed by atoms with Crippen molar-refractivity contribution in [3.63, 3.8) is 0 Å². The molecular weight excluding hydrogens is 232 g/mol. The van der Waals surface area contributed by atoms with E-state index < -0.39 is 0 Å². The third-order valence-electron chi connectivity index (χ3n) is 3.84. The Hall–Kier alpha value is -2.22. The molecule has 2 aliphatic heterocycles. The molecule has 0 saturated heterocycles. The summed E-state index contributed by atoms with van der Waals surface area (Å²) >= 11 is 0. The zero-order valence-electron chi connectivity index (χ0n) is 10.8. The van der Waals surface area contributed by atoms with Crippen molar-refractivity contribution in [3.05, 3.63) is 66.0 Å². The van der Waals surface area contributed by atoms with Gasteiger partial charge in [-0.05, 0) is 36.1 Å². The SMILES string of the molecule is C1=C/C2=C/c3cc4ccccc4n3C/C=C\N(C1)C2. The Bertz CT molecular complexity index is 716. The molecule has 0 saturated carbocycles. The van der Waals surface area contributed by atoms with Gasteiger partial charge < -0.3 is 9.47 Å². The molecule has 0 N–H and O–H groups in total. The smallest absolute Gasteiger partial charge is 0.0488 e. The van der Waals surface area contributed by atoms with Crippen molar-refractivity contribution in [1.29, 1.82) is 0 Å². The van der Waals surface area contributed by atoms with Crippen molar-refractivity contribution in [2.24, 2.45) is 0 Å². The number of para-hydroxylation sites is 1.